The first kappa shape index (κ1) is 14.5. The fraction of sp³-hybridized carbons (Fsp3) is 0.417. The first-order chi connectivity index (χ1) is 8.04. The minimum atomic E-state index is -0.231. The Hall–Kier alpha value is -0.580. The van der Waals surface area contributed by atoms with E-state index < -0.39 is 0 Å². The largest absolute Gasteiger partial charge is 0.355 e. The summed E-state index contributed by atoms with van der Waals surface area (Å²) in [6.45, 7) is 4.94. The van der Waals surface area contributed by atoms with Crippen molar-refractivity contribution in [3.63, 3.8) is 0 Å². The van der Waals surface area contributed by atoms with Crippen molar-refractivity contribution in [1.82, 2.24) is 10.6 Å². The van der Waals surface area contributed by atoms with Crippen molar-refractivity contribution in [3.8, 4) is 0 Å². The Labute approximate surface area is 115 Å². The average molecular weight is 320 g/mol. The minimum Gasteiger partial charge on any atom is -0.355 e. The molecule has 0 heterocycles. The van der Waals surface area contributed by atoms with E-state index >= 15 is 0 Å². The topological polar surface area (TPSA) is 41.1 Å². The second-order valence-corrected chi connectivity index (χ2v) is 5.06. The highest BCUT2D eigenvalue weighted by Crippen LogP contribution is 2.20. The normalized spacial score (nSPS) is 12.2. The van der Waals surface area contributed by atoms with Gasteiger partial charge in [0.05, 0.1) is 6.04 Å². The van der Waals surface area contributed by atoms with Crippen LogP contribution >= 0.6 is 27.5 Å². The van der Waals surface area contributed by atoms with Gasteiger partial charge in [-0.25, -0.2) is 0 Å². The highest BCUT2D eigenvalue weighted by Gasteiger charge is 2.11. The van der Waals surface area contributed by atoms with E-state index in [1.807, 2.05) is 32.0 Å². The van der Waals surface area contributed by atoms with E-state index in [1.165, 1.54) is 0 Å². The van der Waals surface area contributed by atoms with Crippen LogP contribution in [0.3, 0.4) is 0 Å². The highest BCUT2D eigenvalue weighted by molar-refractivity contribution is 9.10. The Balaban J connectivity index is 2.55. The Kier molecular flexibility index (Phi) is 5.95. The van der Waals surface area contributed by atoms with Crippen LogP contribution in [-0.2, 0) is 11.3 Å². The number of nitrogens with one attached hydrogen (secondary N) is 2. The smallest absolute Gasteiger partial charge is 0.236 e. The summed E-state index contributed by atoms with van der Waals surface area (Å²) in [4.78, 5) is 11.5. The lowest BCUT2D eigenvalue weighted by molar-refractivity contribution is -0.122. The van der Waals surface area contributed by atoms with Gasteiger partial charge in [0.1, 0.15) is 0 Å². The van der Waals surface area contributed by atoms with Crippen LogP contribution in [0.25, 0.3) is 0 Å². The van der Waals surface area contributed by atoms with Gasteiger partial charge in [0.15, 0.2) is 0 Å². The average Bonchev–Trinajstić information content (AvgIpc) is 2.30. The van der Waals surface area contributed by atoms with E-state index in [9.17, 15) is 4.79 Å². The number of amides is 1. The number of likely N-dealkylation sites (N-methyl/N-ethyl adjacent to an activating group) is 1. The standard InChI is InChI=1S/C12H16BrClN2O/c1-3-15-12(17)8(2)16-7-9-6-10(13)4-5-11(9)14/h4-6,8,16H,3,7H2,1-2H3,(H,15,17). The number of benzene rings is 1. The SMILES string of the molecule is CCNC(=O)C(C)NCc1cc(Br)ccc1Cl. The van der Waals surface area contributed by atoms with Gasteiger partial charge in [0.25, 0.3) is 0 Å². The van der Waals surface area contributed by atoms with Gasteiger partial charge in [0, 0.05) is 22.6 Å². The van der Waals surface area contributed by atoms with Crippen LogP contribution in [0.15, 0.2) is 22.7 Å². The molecule has 94 valence electrons. The summed E-state index contributed by atoms with van der Waals surface area (Å²) in [5, 5.41) is 6.60. The summed E-state index contributed by atoms with van der Waals surface area (Å²) in [5.74, 6) is -0.00128. The summed E-state index contributed by atoms with van der Waals surface area (Å²) < 4.78 is 0.976. The number of carbonyl (C=O) groups is 1. The second-order valence-electron chi connectivity index (χ2n) is 3.73. The minimum absolute atomic E-state index is 0.00128. The van der Waals surface area contributed by atoms with Gasteiger partial charge in [-0.1, -0.05) is 27.5 Å². The van der Waals surface area contributed by atoms with Crippen LogP contribution in [0, 0.1) is 0 Å². The van der Waals surface area contributed by atoms with E-state index in [-0.39, 0.29) is 11.9 Å². The molecule has 1 unspecified atom stereocenters. The van der Waals surface area contributed by atoms with Crippen molar-refractivity contribution in [2.45, 2.75) is 26.4 Å². The van der Waals surface area contributed by atoms with E-state index in [1.54, 1.807) is 0 Å². The fourth-order valence-corrected chi connectivity index (χ4v) is 1.95. The molecule has 0 spiro atoms. The van der Waals surface area contributed by atoms with Crippen LogP contribution in [0.4, 0.5) is 0 Å². The van der Waals surface area contributed by atoms with Crippen molar-refractivity contribution in [2.75, 3.05) is 6.54 Å². The van der Waals surface area contributed by atoms with Gasteiger partial charge in [-0.3, -0.25) is 4.79 Å². The third kappa shape index (κ3) is 4.66. The molecule has 1 aromatic carbocycles. The van der Waals surface area contributed by atoms with Gasteiger partial charge in [0.2, 0.25) is 5.91 Å². The Bertz CT molecular complexity index is 398. The third-order valence-corrected chi connectivity index (χ3v) is 3.21. The predicted molar refractivity (Wildman–Crippen MR) is 74.1 cm³/mol. The molecule has 0 aliphatic rings. The summed E-state index contributed by atoms with van der Waals surface area (Å²) in [7, 11) is 0. The number of hydrogen-bond acceptors (Lipinski definition) is 2. The molecule has 1 rings (SSSR count). The molecule has 3 nitrogen and oxygen atoms in total. The predicted octanol–water partition coefficient (Wildman–Crippen LogP) is 2.72. The Morgan fingerprint density at radius 2 is 2.24 bits per heavy atom. The van der Waals surface area contributed by atoms with Crippen molar-refractivity contribution < 1.29 is 4.79 Å². The van der Waals surface area contributed by atoms with E-state index in [0.29, 0.717) is 18.1 Å². The zero-order chi connectivity index (χ0) is 12.8. The number of hydrogen-bond donors (Lipinski definition) is 2. The molecular weight excluding hydrogens is 304 g/mol. The van der Waals surface area contributed by atoms with E-state index in [0.717, 1.165) is 10.0 Å². The molecule has 5 heteroatoms. The zero-order valence-electron chi connectivity index (χ0n) is 9.89. The van der Waals surface area contributed by atoms with Crippen LogP contribution in [-0.4, -0.2) is 18.5 Å². The van der Waals surface area contributed by atoms with Gasteiger partial charge in [-0.2, -0.15) is 0 Å². The molecule has 0 saturated heterocycles. The summed E-state index contributed by atoms with van der Waals surface area (Å²) in [6, 6.07) is 5.43. The molecule has 0 aromatic heterocycles. The third-order valence-electron chi connectivity index (χ3n) is 2.35. The summed E-state index contributed by atoms with van der Waals surface area (Å²) >= 11 is 9.45. The maximum atomic E-state index is 11.5. The van der Waals surface area contributed by atoms with Crippen LogP contribution in [0.2, 0.25) is 5.02 Å². The molecule has 0 aliphatic heterocycles. The maximum absolute atomic E-state index is 11.5. The number of halogens is 2. The van der Waals surface area contributed by atoms with Crippen molar-refractivity contribution in [3.05, 3.63) is 33.3 Å². The van der Waals surface area contributed by atoms with Gasteiger partial charge in [-0.15, -0.1) is 0 Å². The second kappa shape index (κ2) is 6.99. The molecule has 0 radical (unpaired) electrons. The lowest BCUT2D eigenvalue weighted by atomic mass is 10.2. The summed E-state index contributed by atoms with van der Waals surface area (Å²) in [6.07, 6.45) is 0. The molecule has 1 aromatic rings. The molecule has 0 saturated carbocycles. The zero-order valence-corrected chi connectivity index (χ0v) is 12.2. The molecule has 1 amide bonds. The lowest BCUT2D eigenvalue weighted by Gasteiger charge is -2.14. The van der Waals surface area contributed by atoms with Crippen LogP contribution < -0.4 is 10.6 Å². The van der Waals surface area contributed by atoms with Crippen LogP contribution in [0.5, 0.6) is 0 Å². The van der Waals surface area contributed by atoms with Gasteiger partial charge < -0.3 is 10.6 Å². The van der Waals surface area contributed by atoms with Crippen molar-refractivity contribution >= 4 is 33.4 Å². The molecule has 0 aliphatic carbocycles. The Morgan fingerprint density at radius 1 is 1.53 bits per heavy atom. The molecular formula is C12H16BrClN2O. The van der Waals surface area contributed by atoms with Crippen molar-refractivity contribution in [1.29, 1.82) is 0 Å². The fourth-order valence-electron chi connectivity index (χ4n) is 1.36. The highest BCUT2D eigenvalue weighted by atomic mass is 79.9. The van der Waals surface area contributed by atoms with Crippen molar-refractivity contribution in [2.24, 2.45) is 0 Å². The van der Waals surface area contributed by atoms with Gasteiger partial charge in [-0.05, 0) is 37.6 Å². The Morgan fingerprint density at radius 3 is 2.88 bits per heavy atom. The summed E-state index contributed by atoms with van der Waals surface area (Å²) in [5.41, 5.74) is 0.970. The monoisotopic (exact) mass is 318 g/mol. The lowest BCUT2D eigenvalue weighted by Crippen LogP contribution is -2.41. The molecule has 2 N–H and O–H groups in total. The molecule has 1 atom stereocenters. The first-order valence-corrected chi connectivity index (χ1v) is 6.66. The van der Waals surface area contributed by atoms with Crippen LogP contribution in [0.1, 0.15) is 19.4 Å². The quantitative estimate of drug-likeness (QED) is 0.876. The first-order valence-electron chi connectivity index (χ1n) is 5.49. The molecule has 17 heavy (non-hydrogen) atoms. The van der Waals surface area contributed by atoms with Gasteiger partial charge >= 0.3 is 0 Å². The number of carbonyl (C=O) groups excluding carboxylic acids is 1. The van der Waals surface area contributed by atoms with E-state index in [2.05, 4.69) is 26.6 Å². The maximum Gasteiger partial charge on any atom is 0.236 e. The molecule has 0 fully saturated rings. The molecule has 0 bridgehead atoms. The van der Waals surface area contributed by atoms with E-state index in [4.69, 9.17) is 11.6 Å². The number of rotatable bonds is 5.